The van der Waals surface area contributed by atoms with Gasteiger partial charge in [-0.15, -0.1) is 0 Å². The van der Waals surface area contributed by atoms with Crippen LogP contribution in [0.2, 0.25) is 0 Å². The second-order valence-electron chi connectivity index (χ2n) is 7.27. The second kappa shape index (κ2) is 5.73. The molecule has 2 aromatic carbocycles. The third-order valence-corrected chi connectivity index (χ3v) is 5.78. The van der Waals surface area contributed by atoms with Crippen molar-refractivity contribution in [3.63, 3.8) is 0 Å². The van der Waals surface area contributed by atoms with Gasteiger partial charge in [0.2, 0.25) is 0 Å². The molecule has 2 aromatic rings. The molecule has 4 heteroatoms. The van der Waals surface area contributed by atoms with Crippen LogP contribution in [0.4, 0.5) is 11.4 Å². The molecule has 2 aliphatic rings. The van der Waals surface area contributed by atoms with Gasteiger partial charge in [-0.3, -0.25) is 10.1 Å². The fourth-order valence-electron chi connectivity index (χ4n) is 4.33. The molecule has 4 rings (SSSR count). The maximum absolute atomic E-state index is 11.7. The number of nitrogens with one attached hydrogen (secondary N) is 1. The molecule has 4 nitrogen and oxygen atoms in total. The molecule has 0 spiro atoms. The van der Waals surface area contributed by atoms with Crippen molar-refractivity contribution < 1.29 is 4.92 Å². The molecule has 25 heavy (non-hydrogen) atoms. The number of fused-ring (bicyclic) bond motifs is 3. The Morgan fingerprint density at radius 1 is 1.16 bits per heavy atom. The molecule has 1 heterocycles. The summed E-state index contributed by atoms with van der Waals surface area (Å²) < 4.78 is 0. The Morgan fingerprint density at radius 3 is 2.56 bits per heavy atom. The molecule has 0 radical (unpaired) electrons. The minimum Gasteiger partial charge on any atom is -0.372 e. The first-order chi connectivity index (χ1) is 12.0. The van der Waals surface area contributed by atoms with Crippen LogP contribution in [0.1, 0.15) is 46.2 Å². The quantitative estimate of drug-likeness (QED) is 0.458. The highest BCUT2D eigenvalue weighted by Crippen LogP contribution is 2.53. The Hall–Kier alpha value is -2.62. The molecule has 1 N–H and O–H groups in total. The van der Waals surface area contributed by atoms with Crippen LogP contribution in [-0.2, 0) is 0 Å². The van der Waals surface area contributed by atoms with E-state index < -0.39 is 0 Å². The van der Waals surface area contributed by atoms with Gasteiger partial charge < -0.3 is 5.32 Å². The number of anilines is 1. The average molecular weight is 334 g/mol. The highest BCUT2D eigenvalue weighted by atomic mass is 16.6. The number of aryl methyl sites for hydroxylation is 2. The summed E-state index contributed by atoms with van der Waals surface area (Å²) in [4.78, 5) is 11.4. The van der Waals surface area contributed by atoms with Crippen LogP contribution >= 0.6 is 0 Å². The zero-order valence-corrected chi connectivity index (χ0v) is 14.7. The zero-order valence-electron chi connectivity index (χ0n) is 14.7. The van der Waals surface area contributed by atoms with Crippen LogP contribution < -0.4 is 5.32 Å². The van der Waals surface area contributed by atoms with Crippen molar-refractivity contribution in [2.45, 2.75) is 39.2 Å². The Kier molecular flexibility index (Phi) is 3.64. The number of allylic oxidation sites excluding steroid dienone is 2. The minimum atomic E-state index is -0.260. The van der Waals surface area contributed by atoms with Crippen molar-refractivity contribution >= 4 is 11.4 Å². The SMILES string of the molecule is Cc1ccc(C2Nc3c([N+](=O)[O-])cc(C)c(C)c3C3C=CCC32)cc1. The lowest BCUT2D eigenvalue weighted by Gasteiger charge is -2.38. The van der Waals surface area contributed by atoms with Crippen LogP contribution in [0.5, 0.6) is 0 Å². The topological polar surface area (TPSA) is 55.2 Å². The average Bonchev–Trinajstić information content (AvgIpc) is 3.07. The van der Waals surface area contributed by atoms with Crippen molar-refractivity contribution in [3.8, 4) is 0 Å². The largest absolute Gasteiger partial charge is 0.372 e. The fraction of sp³-hybridized carbons (Fsp3) is 0.333. The minimum absolute atomic E-state index is 0.0916. The first-order valence-corrected chi connectivity index (χ1v) is 8.75. The number of nitro benzene ring substituents is 1. The van der Waals surface area contributed by atoms with Crippen molar-refractivity contribution in [2.24, 2.45) is 5.92 Å². The fourth-order valence-corrected chi connectivity index (χ4v) is 4.33. The highest BCUT2D eigenvalue weighted by molar-refractivity contribution is 5.74. The maximum atomic E-state index is 11.7. The summed E-state index contributed by atoms with van der Waals surface area (Å²) in [6.07, 6.45) is 5.46. The number of hydrogen-bond acceptors (Lipinski definition) is 3. The predicted octanol–water partition coefficient (Wildman–Crippen LogP) is 5.35. The first kappa shape index (κ1) is 15.9. The van der Waals surface area contributed by atoms with Crippen LogP contribution in [0.15, 0.2) is 42.5 Å². The molecule has 1 aliphatic carbocycles. The molecule has 0 bridgehead atoms. The van der Waals surface area contributed by atoms with Gasteiger partial charge >= 0.3 is 0 Å². The lowest BCUT2D eigenvalue weighted by molar-refractivity contribution is -0.384. The normalized spacial score (nSPS) is 23.7. The van der Waals surface area contributed by atoms with Gasteiger partial charge in [-0.1, -0.05) is 42.0 Å². The first-order valence-electron chi connectivity index (χ1n) is 8.75. The smallest absolute Gasteiger partial charge is 0.292 e. The van der Waals surface area contributed by atoms with Gasteiger partial charge in [0, 0.05) is 12.0 Å². The summed E-state index contributed by atoms with van der Waals surface area (Å²) in [5, 5.41) is 15.2. The Morgan fingerprint density at radius 2 is 1.88 bits per heavy atom. The van der Waals surface area contributed by atoms with Gasteiger partial charge in [0.1, 0.15) is 5.69 Å². The van der Waals surface area contributed by atoms with E-state index >= 15 is 0 Å². The zero-order chi connectivity index (χ0) is 17.7. The van der Waals surface area contributed by atoms with E-state index in [0.717, 1.165) is 23.1 Å². The van der Waals surface area contributed by atoms with Gasteiger partial charge in [-0.25, -0.2) is 0 Å². The van der Waals surface area contributed by atoms with Crippen LogP contribution in [0, 0.1) is 36.8 Å². The van der Waals surface area contributed by atoms with Gasteiger partial charge in [-0.2, -0.15) is 0 Å². The lowest BCUT2D eigenvalue weighted by atomic mass is 9.74. The summed E-state index contributed by atoms with van der Waals surface area (Å²) in [7, 11) is 0. The molecule has 128 valence electrons. The van der Waals surface area contributed by atoms with E-state index in [-0.39, 0.29) is 22.6 Å². The lowest BCUT2D eigenvalue weighted by Crippen LogP contribution is -2.30. The van der Waals surface area contributed by atoms with E-state index in [1.807, 2.05) is 6.92 Å². The van der Waals surface area contributed by atoms with Crippen LogP contribution in [0.3, 0.4) is 0 Å². The highest BCUT2D eigenvalue weighted by Gasteiger charge is 2.41. The maximum Gasteiger partial charge on any atom is 0.292 e. The van der Waals surface area contributed by atoms with Crippen LogP contribution in [0.25, 0.3) is 0 Å². The van der Waals surface area contributed by atoms with Gasteiger partial charge in [0.15, 0.2) is 0 Å². The summed E-state index contributed by atoms with van der Waals surface area (Å²) in [5.74, 6) is 0.636. The molecule has 0 saturated carbocycles. The molecule has 0 aromatic heterocycles. The van der Waals surface area contributed by atoms with E-state index in [0.29, 0.717) is 11.6 Å². The molecule has 0 amide bonds. The monoisotopic (exact) mass is 334 g/mol. The number of nitrogens with zero attached hydrogens (tertiary/aromatic N) is 1. The summed E-state index contributed by atoms with van der Waals surface area (Å²) in [6.45, 7) is 6.11. The van der Waals surface area contributed by atoms with E-state index in [4.69, 9.17) is 0 Å². The van der Waals surface area contributed by atoms with Crippen molar-refractivity contribution in [3.05, 3.63) is 80.4 Å². The molecule has 0 fully saturated rings. The van der Waals surface area contributed by atoms with Gasteiger partial charge in [0.25, 0.3) is 5.69 Å². The van der Waals surface area contributed by atoms with Gasteiger partial charge in [0.05, 0.1) is 11.0 Å². The van der Waals surface area contributed by atoms with Crippen molar-refractivity contribution in [1.29, 1.82) is 0 Å². The summed E-state index contributed by atoms with van der Waals surface area (Å²) >= 11 is 0. The number of hydrogen-bond donors (Lipinski definition) is 1. The molecular formula is C21H22N2O2. The number of nitro groups is 1. The summed E-state index contributed by atoms with van der Waals surface area (Å²) in [6, 6.07) is 10.3. The molecule has 1 aliphatic heterocycles. The van der Waals surface area contributed by atoms with E-state index in [1.54, 1.807) is 6.07 Å². The third kappa shape index (κ3) is 2.44. The van der Waals surface area contributed by atoms with Gasteiger partial charge in [-0.05, 0) is 55.4 Å². The molecule has 3 atom stereocenters. The Balaban J connectivity index is 1.90. The molecule has 0 saturated heterocycles. The van der Waals surface area contributed by atoms with E-state index in [1.165, 1.54) is 11.1 Å². The van der Waals surface area contributed by atoms with Crippen LogP contribution in [-0.4, -0.2) is 4.92 Å². The molecule has 3 unspecified atom stereocenters. The Bertz CT molecular complexity index is 884. The summed E-state index contributed by atoms with van der Waals surface area (Å²) in [5.41, 5.74) is 6.56. The van der Waals surface area contributed by atoms with E-state index in [2.05, 4.69) is 55.6 Å². The third-order valence-electron chi connectivity index (χ3n) is 5.78. The van der Waals surface area contributed by atoms with Crippen molar-refractivity contribution in [2.75, 3.05) is 5.32 Å². The van der Waals surface area contributed by atoms with E-state index in [9.17, 15) is 10.1 Å². The number of benzene rings is 2. The predicted molar refractivity (Wildman–Crippen MR) is 100 cm³/mol. The molecular weight excluding hydrogens is 312 g/mol. The van der Waals surface area contributed by atoms with Crippen molar-refractivity contribution in [1.82, 2.24) is 0 Å². The second-order valence-corrected chi connectivity index (χ2v) is 7.27. The number of rotatable bonds is 2. The standard InChI is InChI=1S/C21H22N2O2/c1-12-7-9-15(10-8-12)20-17-6-4-5-16(17)19-14(3)13(2)11-18(23(24)25)21(19)22-20/h4-5,7-11,16-17,20,22H,6H2,1-3H3. The Labute approximate surface area is 147 Å².